The Morgan fingerprint density at radius 1 is 1.71 bits per heavy atom. The average Bonchev–Trinajstić information content (AvgIpc) is 1.69. The van der Waals surface area contributed by atoms with E-state index in [9.17, 15) is 4.79 Å². The van der Waals surface area contributed by atoms with Crippen molar-refractivity contribution in [1.29, 1.82) is 0 Å². The number of rotatable bonds is 4. The van der Waals surface area contributed by atoms with Gasteiger partial charge in [0.2, 0.25) is 0 Å². The summed E-state index contributed by atoms with van der Waals surface area (Å²) in [6.45, 7) is 0.767. The van der Waals surface area contributed by atoms with Crippen LogP contribution in [0.15, 0.2) is 0 Å². The summed E-state index contributed by atoms with van der Waals surface area (Å²) in [6, 6.07) is 0. The second-order valence-corrected chi connectivity index (χ2v) is 1.04. The molecule has 0 spiro atoms. The van der Waals surface area contributed by atoms with Gasteiger partial charge in [0, 0.05) is 13.0 Å². The minimum atomic E-state index is 0.0772. The first kappa shape index (κ1) is 6.43. The SMILES string of the molecule is O=COCCCO. The molecule has 3 heteroatoms. The van der Waals surface area contributed by atoms with Gasteiger partial charge in [0.1, 0.15) is 0 Å². The molecular formula is C4H8O3. The van der Waals surface area contributed by atoms with Crippen LogP contribution in [0.3, 0.4) is 0 Å². The van der Waals surface area contributed by atoms with E-state index in [4.69, 9.17) is 5.11 Å². The summed E-state index contributed by atoms with van der Waals surface area (Å²) in [5, 5.41) is 8.10. The van der Waals surface area contributed by atoms with Crippen molar-refractivity contribution in [1.82, 2.24) is 0 Å². The van der Waals surface area contributed by atoms with Crippen LogP contribution in [0.25, 0.3) is 0 Å². The van der Waals surface area contributed by atoms with Crippen LogP contribution in [0, 0.1) is 0 Å². The second-order valence-electron chi connectivity index (χ2n) is 1.04. The Bertz CT molecular complexity index is 44.2. The lowest BCUT2D eigenvalue weighted by Gasteiger charge is -1.90. The van der Waals surface area contributed by atoms with Crippen LogP contribution in [-0.2, 0) is 9.53 Å². The van der Waals surface area contributed by atoms with E-state index in [0.29, 0.717) is 19.5 Å². The van der Waals surface area contributed by atoms with Crippen LogP contribution in [0.1, 0.15) is 6.42 Å². The smallest absolute Gasteiger partial charge is 0.293 e. The maximum Gasteiger partial charge on any atom is 0.293 e. The van der Waals surface area contributed by atoms with Gasteiger partial charge in [-0.1, -0.05) is 0 Å². The molecule has 42 valence electrons. The molecule has 0 aromatic carbocycles. The zero-order chi connectivity index (χ0) is 5.54. The van der Waals surface area contributed by atoms with Crippen LogP contribution < -0.4 is 0 Å². The number of hydrogen-bond donors (Lipinski definition) is 1. The molecule has 0 saturated carbocycles. The molecule has 1 N–H and O–H groups in total. The fourth-order valence-corrected chi connectivity index (χ4v) is 0.196. The number of carbonyl (C=O) groups is 1. The van der Waals surface area contributed by atoms with Gasteiger partial charge >= 0.3 is 0 Å². The standard InChI is InChI=1S/C4H8O3/c5-2-1-3-7-4-6/h4-5H,1-3H2. The monoisotopic (exact) mass is 104 g/mol. The van der Waals surface area contributed by atoms with Crippen LogP contribution in [-0.4, -0.2) is 24.8 Å². The predicted octanol–water partition coefficient (Wildman–Crippen LogP) is -0.458. The molecule has 0 radical (unpaired) electrons. The molecule has 0 saturated heterocycles. The summed E-state index contributed by atoms with van der Waals surface area (Å²) in [6.07, 6.45) is 0.527. The Balaban J connectivity index is 2.56. The molecule has 0 aromatic rings. The minimum absolute atomic E-state index is 0.0772. The summed E-state index contributed by atoms with van der Waals surface area (Å²) in [5.74, 6) is 0. The van der Waals surface area contributed by atoms with Crippen molar-refractivity contribution >= 4 is 6.47 Å². The van der Waals surface area contributed by atoms with E-state index < -0.39 is 0 Å². The molecular weight excluding hydrogens is 96.0 g/mol. The number of aliphatic hydroxyl groups is 1. The van der Waals surface area contributed by atoms with E-state index in [-0.39, 0.29) is 6.61 Å². The molecule has 0 aromatic heterocycles. The second kappa shape index (κ2) is 5.43. The van der Waals surface area contributed by atoms with E-state index >= 15 is 0 Å². The highest BCUT2D eigenvalue weighted by Crippen LogP contribution is 1.73. The number of carbonyl (C=O) groups excluding carboxylic acids is 1. The molecule has 0 aliphatic rings. The average molecular weight is 104 g/mol. The molecule has 0 aliphatic heterocycles. The Morgan fingerprint density at radius 2 is 2.43 bits per heavy atom. The number of aliphatic hydroxyl groups excluding tert-OH is 1. The molecule has 0 amide bonds. The third-order valence-corrected chi connectivity index (χ3v) is 0.488. The molecule has 0 heterocycles. The minimum Gasteiger partial charge on any atom is -0.468 e. The number of ether oxygens (including phenoxy) is 1. The Kier molecular flexibility index (Phi) is 4.99. The van der Waals surface area contributed by atoms with Crippen molar-refractivity contribution in [2.45, 2.75) is 6.42 Å². The van der Waals surface area contributed by atoms with Gasteiger partial charge in [-0.3, -0.25) is 4.79 Å². The quantitative estimate of drug-likeness (QED) is 0.388. The lowest BCUT2D eigenvalue weighted by Crippen LogP contribution is -1.93. The molecule has 0 unspecified atom stereocenters. The molecule has 0 atom stereocenters. The van der Waals surface area contributed by atoms with Gasteiger partial charge in [-0.05, 0) is 0 Å². The van der Waals surface area contributed by atoms with Gasteiger partial charge in [-0.2, -0.15) is 0 Å². The highest BCUT2D eigenvalue weighted by atomic mass is 16.5. The lowest BCUT2D eigenvalue weighted by molar-refractivity contribution is -0.128. The Morgan fingerprint density at radius 3 is 2.86 bits per heavy atom. The molecule has 0 aliphatic carbocycles. The summed E-state index contributed by atoms with van der Waals surface area (Å²) in [7, 11) is 0. The summed E-state index contributed by atoms with van der Waals surface area (Å²) in [5.41, 5.74) is 0. The van der Waals surface area contributed by atoms with E-state index in [1.807, 2.05) is 0 Å². The van der Waals surface area contributed by atoms with E-state index in [2.05, 4.69) is 4.74 Å². The maximum atomic E-state index is 9.38. The zero-order valence-electron chi connectivity index (χ0n) is 3.96. The van der Waals surface area contributed by atoms with Crippen molar-refractivity contribution in [2.24, 2.45) is 0 Å². The summed E-state index contributed by atoms with van der Waals surface area (Å²) < 4.78 is 4.23. The van der Waals surface area contributed by atoms with Crippen LogP contribution in [0.4, 0.5) is 0 Å². The normalized spacial score (nSPS) is 8.14. The third-order valence-electron chi connectivity index (χ3n) is 0.488. The molecule has 0 bridgehead atoms. The topological polar surface area (TPSA) is 46.5 Å². The van der Waals surface area contributed by atoms with Crippen molar-refractivity contribution in [3.63, 3.8) is 0 Å². The third kappa shape index (κ3) is 5.43. The Labute approximate surface area is 41.9 Å². The highest BCUT2D eigenvalue weighted by Gasteiger charge is 1.79. The Hall–Kier alpha value is -0.570. The van der Waals surface area contributed by atoms with Crippen LogP contribution in [0.5, 0.6) is 0 Å². The van der Waals surface area contributed by atoms with Crippen molar-refractivity contribution in [3.8, 4) is 0 Å². The van der Waals surface area contributed by atoms with Crippen molar-refractivity contribution in [2.75, 3.05) is 13.2 Å². The first-order chi connectivity index (χ1) is 3.41. The van der Waals surface area contributed by atoms with Crippen molar-refractivity contribution in [3.05, 3.63) is 0 Å². The van der Waals surface area contributed by atoms with Gasteiger partial charge in [0.15, 0.2) is 0 Å². The molecule has 0 rings (SSSR count). The van der Waals surface area contributed by atoms with Crippen LogP contribution >= 0.6 is 0 Å². The fourth-order valence-electron chi connectivity index (χ4n) is 0.196. The van der Waals surface area contributed by atoms with Crippen LogP contribution in [0.2, 0.25) is 0 Å². The predicted molar refractivity (Wildman–Crippen MR) is 23.7 cm³/mol. The van der Waals surface area contributed by atoms with Gasteiger partial charge in [-0.15, -0.1) is 0 Å². The van der Waals surface area contributed by atoms with Gasteiger partial charge in [0.25, 0.3) is 6.47 Å². The largest absolute Gasteiger partial charge is 0.468 e. The summed E-state index contributed by atoms with van der Waals surface area (Å²) in [4.78, 5) is 9.38. The summed E-state index contributed by atoms with van der Waals surface area (Å²) >= 11 is 0. The maximum absolute atomic E-state index is 9.38. The van der Waals surface area contributed by atoms with E-state index in [0.717, 1.165) is 0 Å². The fraction of sp³-hybridized carbons (Fsp3) is 0.750. The first-order valence-corrected chi connectivity index (χ1v) is 2.08. The number of hydrogen-bond acceptors (Lipinski definition) is 3. The molecule has 7 heavy (non-hydrogen) atoms. The molecule has 3 nitrogen and oxygen atoms in total. The van der Waals surface area contributed by atoms with Crippen molar-refractivity contribution < 1.29 is 14.6 Å². The zero-order valence-corrected chi connectivity index (χ0v) is 3.96. The van der Waals surface area contributed by atoms with Gasteiger partial charge < -0.3 is 9.84 Å². The van der Waals surface area contributed by atoms with E-state index in [1.165, 1.54) is 0 Å². The van der Waals surface area contributed by atoms with Gasteiger partial charge in [0.05, 0.1) is 6.61 Å². The highest BCUT2D eigenvalue weighted by molar-refractivity contribution is 5.36. The molecule has 0 fully saturated rings. The first-order valence-electron chi connectivity index (χ1n) is 2.08. The van der Waals surface area contributed by atoms with E-state index in [1.54, 1.807) is 0 Å². The lowest BCUT2D eigenvalue weighted by atomic mass is 10.5. The van der Waals surface area contributed by atoms with Gasteiger partial charge in [-0.25, -0.2) is 0 Å².